The van der Waals surface area contributed by atoms with E-state index in [1.165, 1.54) is 16.8 Å². The van der Waals surface area contributed by atoms with Crippen molar-refractivity contribution < 1.29 is 0 Å². The Morgan fingerprint density at radius 2 is 1.77 bits per heavy atom. The normalized spacial score (nSPS) is 11.3. The third-order valence-electron chi connectivity index (χ3n) is 2.30. The first-order valence-electron chi connectivity index (χ1n) is 4.72. The molecule has 0 amide bonds. The van der Waals surface area contributed by atoms with Crippen LogP contribution in [0.25, 0.3) is 0 Å². The first-order valence-corrected chi connectivity index (χ1v) is 7.93. The third-order valence-corrected chi connectivity index (χ3v) is 5.68. The van der Waals surface area contributed by atoms with Crippen LogP contribution in [0.15, 0.2) is 42.5 Å². The van der Waals surface area contributed by atoms with Crippen LogP contribution in [0.1, 0.15) is 6.92 Å². The van der Waals surface area contributed by atoms with Crippen LogP contribution in [0.3, 0.4) is 0 Å². The Kier molecular flexibility index (Phi) is 3.10. The van der Waals surface area contributed by atoms with E-state index in [0.717, 1.165) is 0 Å². The summed E-state index contributed by atoms with van der Waals surface area (Å²) in [7, 11) is -1.24. The Morgan fingerprint density at radius 1 is 1.23 bits per heavy atom. The van der Waals surface area contributed by atoms with Crippen molar-refractivity contribution in [2.75, 3.05) is 0 Å². The highest BCUT2D eigenvalue weighted by Crippen LogP contribution is 2.14. The smallest absolute Gasteiger partial charge is 0.0845 e. The molecule has 0 atom stereocenters. The summed E-state index contributed by atoms with van der Waals surface area (Å²) < 4.78 is 0. The zero-order valence-electron chi connectivity index (χ0n) is 8.80. The Morgan fingerprint density at radius 3 is 2.23 bits per heavy atom. The fraction of sp³-hybridized carbons (Fsp3) is 0.333. The number of hydrogen-bond acceptors (Lipinski definition) is 0. The Labute approximate surface area is 82.3 Å². The molecule has 0 nitrogen and oxygen atoms in total. The van der Waals surface area contributed by atoms with Gasteiger partial charge in [-0.15, -0.1) is 6.58 Å². The highest BCUT2D eigenvalue weighted by atomic mass is 28.3. The summed E-state index contributed by atoms with van der Waals surface area (Å²) in [4.78, 5) is 0. The van der Waals surface area contributed by atoms with Crippen molar-refractivity contribution >= 4 is 13.3 Å². The summed E-state index contributed by atoms with van der Waals surface area (Å²) in [5, 5.41) is 1.53. The summed E-state index contributed by atoms with van der Waals surface area (Å²) in [6.07, 6.45) is 0. The summed E-state index contributed by atoms with van der Waals surface area (Å²) in [5.41, 5.74) is 1.31. The fourth-order valence-electron chi connectivity index (χ4n) is 1.75. The van der Waals surface area contributed by atoms with Gasteiger partial charge < -0.3 is 0 Å². The lowest BCUT2D eigenvalue weighted by Crippen LogP contribution is -2.40. The van der Waals surface area contributed by atoms with Crippen molar-refractivity contribution in [1.82, 2.24) is 0 Å². The lowest BCUT2D eigenvalue weighted by Gasteiger charge is -2.22. The predicted octanol–water partition coefficient (Wildman–Crippen LogP) is 3.18. The highest BCUT2D eigenvalue weighted by Gasteiger charge is 2.22. The molecule has 0 unspecified atom stereocenters. The molecule has 1 aromatic carbocycles. The highest BCUT2D eigenvalue weighted by molar-refractivity contribution is 6.90. The van der Waals surface area contributed by atoms with Crippen molar-refractivity contribution in [3.63, 3.8) is 0 Å². The summed E-state index contributed by atoms with van der Waals surface area (Å²) in [6.45, 7) is 10.9. The monoisotopic (exact) mass is 190 g/mol. The maximum absolute atomic E-state index is 4.00. The maximum atomic E-state index is 4.00. The topological polar surface area (TPSA) is 0 Å². The number of hydrogen-bond donors (Lipinski definition) is 0. The molecule has 0 N–H and O–H groups in total. The van der Waals surface area contributed by atoms with E-state index in [9.17, 15) is 0 Å². The molecule has 0 aromatic heterocycles. The zero-order chi connectivity index (χ0) is 9.90. The second-order valence-electron chi connectivity index (χ2n) is 4.38. The maximum Gasteiger partial charge on any atom is 0.0845 e. The lowest BCUT2D eigenvalue weighted by molar-refractivity contribution is 1.35. The van der Waals surface area contributed by atoms with Crippen LogP contribution in [0, 0.1) is 0 Å². The molecule has 0 aliphatic rings. The van der Waals surface area contributed by atoms with E-state index in [4.69, 9.17) is 0 Å². The molecule has 0 saturated heterocycles. The van der Waals surface area contributed by atoms with Crippen molar-refractivity contribution in [1.29, 1.82) is 0 Å². The predicted molar refractivity (Wildman–Crippen MR) is 63.2 cm³/mol. The van der Waals surface area contributed by atoms with Crippen LogP contribution >= 0.6 is 0 Å². The van der Waals surface area contributed by atoms with Gasteiger partial charge in [-0.2, -0.15) is 0 Å². The largest absolute Gasteiger partial charge is 0.100 e. The molecule has 70 valence electrons. The van der Waals surface area contributed by atoms with Crippen molar-refractivity contribution in [2.45, 2.75) is 26.1 Å². The first kappa shape index (κ1) is 10.3. The molecule has 1 rings (SSSR count). The van der Waals surface area contributed by atoms with Gasteiger partial charge in [0.2, 0.25) is 0 Å². The molecule has 13 heavy (non-hydrogen) atoms. The summed E-state index contributed by atoms with van der Waals surface area (Å²) in [5.74, 6) is 0. The molecule has 1 heteroatoms. The molecule has 0 radical (unpaired) electrons. The van der Waals surface area contributed by atoms with E-state index in [2.05, 4.69) is 56.9 Å². The Hall–Kier alpha value is -0.823. The Balaban J connectivity index is 2.87. The van der Waals surface area contributed by atoms with Gasteiger partial charge in [0, 0.05) is 0 Å². The van der Waals surface area contributed by atoms with Gasteiger partial charge in [0.1, 0.15) is 0 Å². The van der Waals surface area contributed by atoms with Gasteiger partial charge in [0.25, 0.3) is 0 Å². The molecule has 0 saturated carbocycles. The van der Waals surface area contributed by atoms with E-state index in [1.54, 1.807) is 0 Å². The van der Waals surface area contributed by atoms with E-state index in [1.807, 2.05) is 0 Å². The average molecular weight is 190 g/mol. The van der Waals surface area contributed by atoms with Crippen LogP contribution in [0.4, 0.5) is 0 Å². The molecule has 0 spiro atoms. The van der Waals surface area contributed by atoms with Gasteiger partial charge in [-0.05, 0) is 13.0 Å². The van der Waals surface area contributed by atoms with E-state index in [-0.39, 0.29) is 0 Å². The minimum Gasteiger partial charge on any atom is -0.100 e. The molecule has 0 bridgehead atoms. The second kappa shape index (κ2) is 3.92. The fourth-order valence-corrected chi connectivity index (χ4v) is 4.55. The van der Waals surface area contributed by atoms with Crippen molar-refractivity contribution in [3.8, 4) is 0 Å². The Bertz CT molecular complexity index is 285. The SMILES string of the molecule is C=C(C)C[Si](C)(C)c1ccccc1. The molecule has 1 aromatic rings. The zero-order valence-corrected chi connectivity index (χ0v) is 9.80. The van der Waals surface area contributed by atoms with Gasteiger partial charge in [-0.1, -0.05) is 54.2 Å². The van der Waals surface area contributed by atoms with Gasteiger partial charge in [-0.25, -0.2) is 0 Å². The van der Waals surface area contributed by atoms with Crippen LogP contribution < -0.4 is 5.19 Å². The molecular formula is C12H18Si. The molecule has 0 fully saturated rings. The number of rotatable bonds is 3. The molecule has 0 aliphatic heterocycles. The van der Waals surface area contributed by atoms with Crippen LogP contribution in [0.5, 0.6) is 0 Å². The van der Waals surface area contributed by atoms with Gasteiger partial charge in [0.05, 0.1) is 8.07 Å². The van der Waals surface area contributed by atoms with E-state index < -0.39 is 8.07 Å². The minimum absolute atomic E-state index is 1.19. The number of benzene rings is 1. The quantitative estimate of drug-likeness (QED) is 0.507. The van der Waals surface area contributed by atoms with Gasteiger partial charge in [-0.3, -0.25) is 0 Å². The number of allylic oxidation sites excluding steroid dienone is 1. The summed E-state index contributed by atoms with van der Waals surface area (Å²) in [6, 6.07) is 12.0. The lowest BCUT2D eigenvalue weighted by atomic mass is 10.4. The molecule has 0 heterocycles. The third kappa shape index (κ3) is 2.85. The van der Waals surface area contributed by atoms with Gasteiger partial charge >= 0.3 is 0 Å². The average Bonchev–Trinajstić information content (AvgIpc) is 2.04. The molecular weight excluding hydrogens is 172 g/mol. The second-order valence-corrected chi connectivity index (χ2v) is 9.08. The van der Waals surface area contributed by atoms with Crippen LogP contribution in [-0.4, -0.2) is 8.07 Å². The van der Waals surface area contributed by atoms with Crippen LogP contribution in [-0.2, 0) is 0 Å². The van der Waals surface area contributed by atoms with E-state index in [0.29, 0.717) is 0 Å². The minimum atomic E-state index is -1.24. The summed E-state index contributed by atoms with van der Waals surface area (Å²) >= 11 is 0. The standard InChI is InChI=1S/C12H18Si/c1-11(2)10-13(3,4)12-8-6-5-7-9-12/h5-9H,1,10H2,2-4H3. The first-order chi connectivity index (χ1) is 6.02. The van der Waals surface area contributed by atoms with Gasteiger partial charge in [0.15, 0.2) is 0 Å². The van der Waals surface area contributed by atoms with Crippen molar-refractivity contribution in [2.24, 2.45) is 0 Å². The van der Waals surface area contributed by atoms with Crippen molar-refractivity contribution in [3.05, 3.63) is 42.5 Å². The van der Waals surface area contributed by atoms with E-state index >= 15 is 0 Å². The molecule has 0 aliphatic carbocycles. The van der Waals surface area contributed by atoms with Crippen LogP contribution in [0.2, 0.25) is 19.1 Å².